The SMILES string of the molecule is COCCNc1nc(-c2nccc3ccccc23)ns1. The van der Waals surface area contributed by atoms with E-state index in [0.717, 1.165) is 21.6 Å². The highest BCUT2D eigenvalue weighted by atomic mass is 32.1. The lowest BCUT2D eigenvalue weighted by Crippen LogP contribution is -2.07. The number of anilines is 1. The number of methoxy groups -OCH3 is 1. The van der Waals surface area contributed by atoms with Crippen LogP contribution in [0.2, 0.25) is 0 Å². The van der Waals surface area contributed by atoms with Crippen LogP contribution in [0.3, 0.4) is 0 Å². The molecule has 0 radical (unpaired) electrons. The lowest BCUT2D eigenvalue weighted by atomic mass is 10.1. The van der Waals surface area contributed by atoms with E-state index in [0.29, 0.717) is 19.0 Å². The molecule has 1 N–H and O–H groups in total. The van der Waals surface area contributed by atoms with E-state index in [9.17, 15) is 0 Å². The first kappa shape index (κ1) is 13.0. The first-order valence-electron chi connectivity index (χ1n) is 6.29. The molecular weight excluding hydrogens is 272 g/mol. The van der Waals surface area contributed by atoms with Gasteiger partial charge in [0, 0.05) is 36.8 Å². The van der Waals surface area contributed by atoms with Gasteiger partial charge >= 0.3 is 0 Å². The first-order valence-corrected chi connectivity index (χ1v) is 7.06. The average molecular weight is 286 g/mol. The van der Waals surface area contributed by atoms with Crippen LogP contribution in [-0.4, -0.2) is 34.6 Å². The van der Waals surface area contributed by atoms with Crippen LogP contribution in [0, 0.1) is 0 Å². The number of benzene rings is 1. The molecule has 3 rings (SSSR count). The van der Waals surface area contributed by atoms with Crippen molar-refractivity contribution in [2.24, 2.45) is 0 Å². The third-order valence-corrected chi connectivity index (χ3v) is 3.57. The molecular formula is C14H14N4OS. The molecule has 5 nitrogen and oxygen atoms in total. The second-order valence-electron chi connectivity index (χ2n) is 4.22. The molecule has 3 aromatic rings. The van der Waals surface area contributed by atoms with Crippen LogP contribution in [0.4, 0.5) is 5.13 Å². The van der Waals surface area contributed by atoms with E-state index < -0.39 is 0 Å². The molecule has 1 aromatic carbocycles. The van der Waals surface area contributed by atoms with Gasteiger partial charge in [0.2, 0.25) is 5.13 Å². The summed E-state index contributed by atoms with van der Waals surface area (Å²) in [5, 5.41) is 6.17. The van der Waals surface area contributed by atoms with E-state index in [1.807, 2.05) is 24.3 Å². The number of nitrogens with zero attached hydrogens (tertiary/aromatic N) is 3. The topological polar surface area (TPSA) is 59.9 Å². The summed E-state index contributed by atoms with van der Waals surface area (Å²) in [4.78, 5) is 8.90. The van der Waals surface area contributed by atoms with Gasteiger partial charge in [-0.2, -0.15) is 9.36 Å². The van der Waals surface area contributed by atoms with Crippen LogP contribution in [0.5, 0.6) is 0 Å². The summed E-state index contributed by atoms with van der Waals surface area (Å²) in [6, 6.07) is 10.1. The molecule has 0 amide bonds. The zero-order chi connectivity index (χ0) is 13.8. The van der Waals surface area contributed by atoms with Gasteiger partial charge in [0.1, 0.15) is 5.69 Å². The molecule has 0 fully saturated rings. The Morgan fingerprint density at radius 1 is 1.25 bits per heavy atom. The van der Waals surface area contributed by atoms with Gasteiger partial charge in [0.25, 0.3) is 0 Å². The molecule has 0 saturated carbocycles. The van der Waals surface area contributed by atoms with Gasteiger partial charge in [-0.15, -0.1) is 0 Å². The van der Waals surface area contributed by atoms with E-state index in [-0.39, 0.29) is 0 Å². The molecule has 2 heterocycles. The summed E-state index contributed by atoms with van der Waals surface area (Å²) >= 11 is 1.34. The van der Waals surface area contributed by atoms with Crippen molar-refractivity contribution in [2.75, 3.05) is 25.6 Å². The molecule has 0 unspecified atom stereocenters. The van der Waals surface area contributed by atoms with Gasteiger partial charge in [-0.25, -0.2) is 0 Å². The van der Waals surface area contributed by atoms with Gasteiger partial charge in [0.15, 0.2) is 5.82 Å². The highest BCUT2D eigenvalue weighted by Gasteiger charge is 2.10. The van der Waals surface area contributed by atoms with Crippen LogP contribution in [0.1, 0.15) is 0 Å². The summed E-state index contributed by atoms with van der Waals surface area (Å²) in [5.74, 6) is 0.659. The Hall–Kier alpha value is -2.05. The van der Waals surface area contributed by atoms with Crippen LogP contribution in [-0.2, 0) is 4.74 Å². The fourth-order valence-corrected chi connectivity index (χ4v) is 2.54. The van der Waals surface area contributed by atoms with E-state index in [2.05, 4.69) is 25.7 Å². The zero-order valence-electron chi connectivity index (χ0n) is 11.0. The Morgan fingerprint density at radius 3 is 3.05 bits per heavy atom. The van der Waals surface area contributed by atoms with Gasteiger partial charge in [-0.3, -0.25) is 4.98 Å². The third-order valence-electron chi connectivity index (χ3n) is 2.89. The van der Waals surface area contributed by atoms with E-state index in [1.54, 1.807) is 13.3 Å². The summed E-state index contributed by atoms with van der Waals surface area (Å²) < 4.78 is 9.37. The molecule has 0 bridgehead atoms. The molecule has 0 atom stereocenters. The molecule has 102 valence electrons. The Labute approximate surface area is 120 Å². The van der Waals surface area contributed by atoms with Crippen molar-refractivity contribution in [1.82, 2.24) is 14.3 Å². The first-order chi connectivity index (χ1) is 9.88. The summed E-state index contributed by atoms with van der Waals surface area (Å²) in [5.41, 5.74) is 0.819. The maximum Gasteiger partial charge on any atom is 0.203 e. The van der Waals surface area contributed by atoms with Crippen molar-refractivity contribution < 1.29 is 4.74 Å². The number of hydrogen-bond acceptors (Lipinski definition) is 6. The molecule has 0 saturated heterocycles. The minimum atomic E-state index is 0.640. The normalized spacial score (nSPS) is 10.8. The minimum absolute atomic E-state index is 0.640. The van der Waals surface area contributed by atoms with Crippen LogP contribution < -0.4 is 5.32 Å². The summed E-state index contributed by atoms with van der Waals surface area (Å²) in [7, 11) is 1.67. The molecule has 6 heteroatoms. The van der Waals surface area contributed by atoms with E-state index in [4.69, 9.17) is 4.74 Å². The molecule has 0 spiro atoms. The fraction of sp³-hybridized carbons (Fsp3) is 0.214. The van der Waals surface area contributed by atoms with Crippen molar-refractivity contribution in [1.29, 1.82) is 0 Å². The van der Waals surface area contributed by atoms with Crippen LogP contribution >= 0.6 is 11.5 Å². The van der Waals surface area contributed by atoms with Crippen LogP contribution in [0.25, 0.3) is 22.3 Å². The molecule has 0 aliphatic carbocycles. The average Bonchev–Trinajstić information content (AvgIpc) is 2.96. The third kappa shape index (κ3) is 2.61. The van der Waals surface area contributed by atoms with Gasteiger partial charge in [0.05, 0.1) is 6.61 Å². The van der Waals surface area contributed by atoms with Crippen molar-refractivity contribution in [3.8, 4) is 11.5 Å². The number of rotatable bonds is 5. The summed E-state index contributed by atoms with van der Waals surface area (Å²) in [6.07, 6.45) is 1.79. The van der Waals surface area contributed by atoms with Gasteiger partial charge in [-0.05, 0) is 11.5 Å². The van der Waals surface area contributed by atoms with E-state index in [1.165, 1.54) is 11.5 Å². The largest absolute Gasteiger partial charge is 0.383 e. The van der Waals surface area contributed by atoms with E-state index >= 15 is 0 Å². The van der Waals surface area contributed by atoms with Gasteiger partial charge in [-0.1, -0.05) is 24.3 Å². The molecule has 2 aromatic heterocycles. The molecule has 0 aliphatic heterocycles. The Kier molecular flexibility index (Phi) is 3.85. The Morgan fingerprint density at radius 2 is 2.15 bits per heavy atom. The van der Waals surface area contributed by atoms with Crippen molar-refractivity contribution in [2.45, 2.75) is 0 Å². The van der Waals surface area contributed by atoms with Crippen molar-refractivity contribution in [3.05, 3.63) is 36.5 Å². The quantitative estimate of drug-likeness (QED) is 0.731. The molecule has 0 aliphatic rings. The smallest absolute Gasteiger partial charge is 0.203 e. The predicted octanol–water partition coefficient (Wildman–Crippen LogP) is 2.81. The maximum absolute atomic E-state index is 4.99. The standard InChI is InChI=1S/C14H14N4OS/c1-19-9-8-16-14-17-13(18-20-14)12-11-5-3-2-4-10(11)6-7-15-12/h2-7H,8-9H2,1H3,(H,16,17,18). The van der Waals surface area contributed by atoms with Gasteiger partial charge < -0.3 is 10.1 Å². The van der Waals surface area contributed by atoms with Crippen molar-refractivity contribution in [3.63, 3.8) is 0 Å². The Balaban J connectivity index is 1.91. The molecule has 20 heavy (non-hydrogen) atoms. The number of ether oxygens (including phenoxy) is 1. The fourth-order valence-electron chi connectivity index (χ4n) is 1.95. The number of fused-ring (bicyclic) bond motifs is 1. The highest BCUT2D eigenvalue weighted by Crippen LogP contribution is 2.26. The second kappa shape index (κ2) is 5.94. The second-order valence-corrected chi connectivity index (χ2v) is 4.98. The number of nitrogens with one attached hydrogen (secondary N) is 1. The maximum atomic E-state index is 4.99. The summed E-state index contributed by atoms with van der Waals surface area (Å²) in [6.45, 7) is 1.36. The van der Waals surface area contributed by atoms with Crippen LogP contribution in [0.15, 0.2) is 36.5 Å². The lowest BCUT2D eigenvalue weighted by Gasteiger charge is -2.01. The predicted molar refractivity (Wildman–Crippen MR) is 81.0 cm³/mol. The minimum Gasteiger partial charge on any atom is -0.383 e. The lowest BCUT2D eigenvalue weighted by molar-refractivity contribution is 0.211. The van der Waals surface area contributed by atoms with Crippen molar-refractivity contribution >= 4 is 27.4 Å². The highest BCUT2D eigenvalue weighted by molar-refractivity contribution is 7.09. The number of aromatic nitrogens is 3. The zero-order valence-corrected chi connectivity index (χ0v) is 11.9. The Bertz CT molecular complexity index is 708. The monoisotopic (exact) mass is 286 g/mol. The number of hydrogen-bond donors (Lipinski definition) is 1. The number of pyridine rings is 1.